The Hall–Kier alpha value is -2.04. The third kappa shape index (κ3) is 7.46. The second-order valence-corrected chi connectivity index (χ2v) is 7.87. The first kappa shape index (κ1) is 24.0. The zero-order valence-electron chi connectivity index (χ0n) is 13.7. The summed E-state index contributed by atoms with van der Waals surface area (Å²) < 4.78 is 22.0. The lowest BCUT2D eigenvalue weighted by atomic mass is 10.1. The number of hydrogen-bond donors (Lipinski definition) is 0. The van der Waals surface area contributed by atoms with Crippen LogP contribution in [0.4, 0.5) is 0 Å². The minimum Gasteiger partial charge on any atom is -0.255 e. The quantitative estimate of drug-likeness (QED) is 0.569. The molecule has 3 rings (SSSR count). The molecule has 0 fully saturated rings. The van der Waals surface area contributed by atoms with Crippen LogP contribution in [0.3, 0.4) is 0 Å². The van der Waals surface area contributed by atoms with E-state index < -0.39 is 21.6 Å². The molecule has 0 radical (unpaired) electrons. The van der Waals surface area contributed by atoms with Gasteiger partial charge in [-0.15, -0.1) is 0 Å². The van der Waals surface area contributed by atoms with E-state index in [0.717, 1.165) is 15.4 Å². The summed E-state index contributed by atoms with van der Waals surface area (Å²) in [6, 6.07) is 27.4. The Balaban J connectivity index is 0.000000496. The summed E-state index contributed by atoms with van der Waals surface area (Å²) in [5, 5.41) is 0. The average Bonchev–Trinajstić information content (AvgIpc) is 2.64. The summed E-state index contributed by atoms with van der Waals surface area (Å²) in [6.07, 6.45) is 3.37. The summed E-state index contributed by atoms with van der Waals surface area (Å²) in [7, 11) is -1.72. The highest BCUT2D eigenvalue weighted by atomic mass is 32.2. The Morgan fingerprint density at radius 2 is 0.846 bits per heavy atom. The smallest absolute Gasteiger partial charge is 0.0498 e. The fourth-order valence-corrected chi connectivity index (χ4v) is 3.14. The van der Waals surface area contributed by atoms with E-state index in [1.807, 2.05) is 72.8 Å². The molecule has 0 aromatic heterocycles. The normalized spacial score (nSPS) is 11.6. The molecule has 26 heavy (non-hydrogen) atoms. The lowest BCUT2D eigenvalue weighted by Gasteiger charge is -2.02. The minimum absolute atomic E-state index is 0. The van der Waals surface area contributed by atoms with Gasteiger partial charge in [-0.1, -0.05) is 75.5 Å². The molecule has 0 bridgehead atoms. The highest BCUT2D eigenvalue weighted by molar-refractivity contribution is 7.84. The molecule has 2 unspecified atom stereocenters. The van der Waals surface area contributed by atoms with Gasteiger partial charge in [-0.2, -0.15) is 0 Å². The molecule has 0 heterocycles. The summed E-state index contributed by atoms with van der Waals surface area (Å²) >= 11 is 0. The highest BCUT2D eigenvalue weighted by Crippen LogP contribution is 2.19. The molecule has 0 saturated carbocycles. The predicted molar refractivity (Wildman–Crippen MR) is 116 cm³/mol. The van der Waals surface area contributed by atoms with E-state index in [1.54, 1.807) is 12.5 Å². The van der Waals surface area contributed by atoms with Crippen molar-refractivity contribution in [1.29, 1.82) is 0 Å². The molecule has 4 heteroatoms. The first-order chi connectivity index (χ1) is 11.6. The van der Waals surface area contributed by atoms with Crippen LogP contribution in [-0.2, 0) is 21.6 Å². The van der Waals surface area contributed by atoms with Crippen LogP contribution in [0, 0.1) is 0 Å². The maximum absolute atomic E-state index is 11.2. The molecule has 0 N–H and O–H groups in total. The Kier molecular flexibility index (Phi) is 11.4. The second kappa shape index (κ2) is 12.3. The Morgan fingerprint density at radius 3 is 1.23 bits per heavy atom. The molecule has 2 nitrogen and oxygen atoms in total. The zero-order valence-corrected chi connectivity index (χ0v) is 15.3. The van der Waals surface area contributed by atoms with Crippen molar-refractivity contribution < 1.29 is 8.42 Å². The molecule has 0 aliphatic heterocycles. The molecule has 140 valence electrons. The summed E-state index contributed by atoms with van der Waals surface area (Å²) in [4.78, 5) is 1.76. The molecule has 0 saturated heterocycles. The van der Waals surface area contributed by atoms with E-state index in [2.05, 4.69) is 12.1 Å². The van der Waals surface area contributed by atoms with Crippen molar-refractivity contribution in [2.45, 2.75) is 24.6 Å². The van der Waals surface area contributed by atoms with Crippen LogP contribution in [0.2, 0.25) is 0 Å². The topological polar surface area (TPSA) is 34.1 Å². The van der Waals surface area contributed by atoms with Gasteiger partial charge in [0.2, 0.25) is 0 Å². The molecule has 3 aromatic rings. The Bertz CT molecular complexity index is 799. The van der Waals surface area contributed by atoms with Crippen molar-refractivity contribution in [3.8, 4) is 11.1 Å². The van der Waals surface area contributed by atoms with Gasteiger partial charge in [0.25, 0.3) is 0 Å². The third-order valence-electron chi connectivity index (χ3n) is 3.37. The summed E-state index contributed by atoms with van der Waals surface area (Å²) in [5.74, 6) is 0. The number of benzene rings is 3. The summed E-state index contributed by atoms with van der Waals surface area (Å²) in [5.41, 5.74) is 2.34. The van der Waals surface area contributed by atoms with Crippen LogP contribution in [-0.4, -0.2) is 20.9 Å². The number of hydrogen-bond acceptors (Lipinski definition) is 2. The van der Waals surface area contributed by atoms with E-state index in [-0.39, 0.29) is 14.9 Å². The standard InChI is InChI=1S/C13H12OS.C7H8OS.2CH4/c1-15(14)13-9-7-12(8-10-13)11-5-3-2-4-6-11;1-9(8)7-5-3-2-4-6-7;;/h2-10H,1H3;2-6H,1H3;2*1H4. The van der Waals surface area contributed by atoms with Gasteiger partial charge < -0.3 is 0 Å². The van der Waals surface area contributed by atoms with Gasteiger partial charge in [0.1, 0.15) is 0 Å². The van der Waals surface area contributed by atoms with Crippen molar-refractivity contribution in [1.82, 2.24) is 0 Å². The van der Waals surface area contributed by atoms with Gasteiger partial charge in [0, 0.05) is 43.9 Å². The zero-order chi connectivity index (χ0) is 17.4. The lowest BCUT2D eigenvalue weighted by Crippen LogP contribution is -1.86. The maximum atomic E-state index is 11.2. The van der Waals surface area contributed by atoms with Crippen LogP contribution >= 0.6 is 0 Å². The molecule has 0 aliphatic rings. The first-order valence-corrected chi connectivity index (χ1v) is 10.6. The largest absolute Gasteiger partial charge is 0.255 e. The van der Waals surface area contributed by atoms with Crippen LogP contribution in [0.25, 0.3) is 11.1 Å². The molecule has 0 aliphatic carbocycles. The fraction of sp³-hybridized carbons (Fsp3) is 0.182. The molecule has 0 amide bonds. The summed E-state index contributed by atoms with van der Waals surface area (Å²) in [6.45, 7) is 0. The van der Waals surface area contributed by atoms with Crippen molar-refractivity contribution >= 4 is 21.6 Å². The van der Waals surface area contributed by atoms with Crippen LogP contribution in [0.1, 0.15) is 14.9 Å². The van der Waals surface area contributed by atoms with E-state index in [9.17, 15) is 8.42 Å². The first-order valence-electron chi connectivity index (χ1n) is 7.45. The van der Waals surface area contributed by atoms with E-state index >= 15 is 0 Å². The SMILES string of the molecule is C.C.CS(=O)c1ccc(-c2ccccc2)cc1.CS(=O)c1ccccc1. The maximum Gasteiger partial charge on any atom is 0.0498 e. The van der Waals surface area contributed by atoms with Gasteiger partial charge in [0.15, 0.2) is 0 Å². The van der Waals surface area contributed by atoms with E-state index in [0.29, 0.717) is 0 Å². The van der Waals surface area contributed by atoms with E-state index in [4.69, 9.17) is 0 Å². The molecule has 0 spiro atoms. The van der Waals surface area contributed by atoms with Crippen LogP contribution < -0.4 is 0 Å². The van der Waals surface area contributed by atoms with Gasteiger partial charge in [-0.25, -0.2) is 0 Å². The van der Waals surface area contributed by atoms with Crippen molar-refractivity contribution in [3.63, 3.8) is 0 Å². The molecular formula is C22H28O2S2. The van der Waals surface area contributed by atoms with E-state index in [1.165, 1.54) is 5.56 Å². The Labute approximate surface area is 163 Å². The van der Waals surface area contributed by atoms with Gasteiger partial charge in [-0.3, -0.25) is 8.42 Å². The highest BCUT2D eigenvalue weighted by Gasteiger charge is 1.99. The molecule has 3 aromatic carbocycles. The molecular weight excluding hydrogens is 360 g/mol. The average molecular weight is 389 g/mol. The predicted octanol–water partition coefficient (Wildman–Crippen LogP) is 5.79. The van der Waals surface area contributed by atoms with Gasteiger partial charge >= 0.3 is 0 Å². The van der Waals surface area contributed by atoms with Crippen molar-refractivity contribution in [3.05, 3.63) is 84.9 Å². The van der Waals surface area contributed by atoms with Gasteiger partial charge in [-0.05, 0) is 35.4 Å². The van der Waals surface area contributed by atoms with Crippen molar-refractivity contribution in [2.75, 3.05) is 12.5 Å². The van der Waals surface area contributed by atoms with Crippen LogP contribution in [0.5, 0.6) is 0 Å². The van der Waals surface area contributed by atoms with Crippen LogP contribution in [0.15, 0.2) is 94.7 Å². The Morgan fingerprint density at radius 1 is 0.500 bits per heavy atom. The van der Waals surface area contributed by atoms with Crippen molar-refractivity contribution in [2.24, 2.45) is 0 Å². The monoisotopic (exact) mass is 388 g/mol. The fourth-order valence-electron chi connectivity index (χ4n) is 2.08. The molecule has 2 atom stereocenters. The second-order valence-electron chi connectivity index (χ2n) is 5.11. The minimum atomic E-state index is -0.894. The third-order valence-corrected chi connectivity index (χ3v) is 5.24. The number of rotatable bonds is 3. The van der Waals surface area contributed by atoms with Gasteiger partial charge in [0.05, 0.1) is 0 Å². The lowest BCUT2D eigenvalue weighted by molar-refractivity contribution is 0.686.